The van der Waals surface area contributed by atoms with Crippen LogP contribution in [0, 0.1) is 0 Å². The van der Waals surface area contributed by atoms with Crippen molar-refractivity contribution in [3.63, 3.8) is 0 Å². The maximum absolute atomic E-state index is 12.7. The summed E-state index contributed by atoms with van der Waals surface area (Å²) in [5.74, 6) is 0.164. The predicted octanol–water partition coefficient (Wildman–Crippen LogP) is 3.12. The molecule has 0 saturated heterocycles. The van der Waals surface area contributed by atoms with Crippen molar-refractivity contribution in [2.24, 2.45) is 0 Å². The van der Waals surface area contributed by atoms with Crippen LogP contribution < -0.4 is 15.4 Å². The number of rotatable bonds is 11. The monoisotopic (exact) mass is 430 g/mol. The van der Waals surface area contributed by atoms with Crippen LogP contribution in [0.1, 0.15) is 23.7 Å². The van der Waals surface area contributed by atoms with Crippen LogP contribution in [0.3, 0.4) is 0 Å². The van der Waals surface area contributed by atoms with Crippen LogP contribution in [0.5, 0.6) is 5.75 Å². The van der Waals surface area contributed by atoms with Crippen molar-refractivity contribution in [2.45, 2.75) is 19.4 Å². The second kappa shape index (κ2) is 12.5. The molecule has 2 rings (SSSR count). The first-order chi connectivity index (χ1) is 14.5. The van der Waals surface area contributed by atoms with E-state index in [1.54, 1.807) is 55.1 Å². The zero-order chi connectivity index (χ0) is 21.8. The number of ether oxygens (including phenoxy) is 2. The lowest BCUT2D eigenvalue weighted by Gasteiger charge is -2.18. The topological polar surface area (TPSA) is 93.7 Å². The Morgan fingerprint density at radius 3 is 2.37 bits per heavy atom. The highest BCUT2D eigenvalue weighted by Crippen LogP contribution is 2.12. The Morgan fingerprint density at radius 2 is 1.73 bits per heavy atom. The summed E-state index contributed by atoms with van der Waals surface area (Å²) in [5, 5.41) is 5.50. The number of thioether (sulfide) groups is 1. The molecule has 0 bridgehead atoms. The van der Waals surface area contributed by atoms with Crippen molar-refractivity contribution in [1.29, 1.82) is 0 Å². The van der Waals surface area contributed by atoms with Crippen molar-refractivity contribution in [1.82, 2.24) is 5.32 Å². The molecule has 2 aromatic carbocycles. The third-order valence-corrected chi connectivity index (χ3v) is 4.68. The van der Waals surface area contributed by atoms with Gasteiger partial charge < -0.3 is 20.1 Å². The molecule has 0 aliphatic carbocycles. The standard InChI is InChI=1S/C22H26N2O5S/c1-3-28-22(27)16-9-11-17(12-10-16)23-21(26)19(13-14-30-2)24-20(25)15-29-18-7-5-4-6-8-18/h4-12,19H,3,13-15H2,1-2H3,(H,23,26)(H,24,25). The van der Waals surface area contributed by atoms with Crippen LogP contribution in [0.2, 0.25) is 0 Å². The van der Waals surface area contributed by atoms with Crippen molar-refractivity contribution >= 4 is 35.2 Å². The van der Waals surface area contributed by atoms with Crippen molar-refractivity contribution in [3.8, 4) is 5.75 Å². The van der Waals surface area contributed by atoms with Gasteiger partial charge in [0.15, 0.2) is 6.61 Å². The van der Waals surface area contributed by atoms with Gasteiger partial charge in [0.25, 0.3) is 5.91 Å². The molecule has 0 heterocycles. The number of nitrogens with one attached hydrogen (secondary N) is 2. The van der Waals surface area contributed by atoms with Gasteiger partial charge in [-0.25, -0.2) is 4.79 Å². The SMILES string of the molecule is CCOC(=O)c1ccc(NC(=O)C(CCSC)NC(=O)COc2ccccc2)cc1. The molecular weight excluding hydrogens is 404 g/mol. The van der Waals surface area contributed by atoms with E-state index in [0.29, 0.717) is 35.8 Å². The average molecular weight is 431 g/mol. The molecular formula is C22H26N2O5S. The zero-order valence-corrected chi connectivity index (χ0v) is 17.9. The van der Waals surface area contributed by atoms with E-state index in [1.807, 2.05) is 24.5 Å². The Morgan fingerprint density at radius 1 is 1.03 bits per heavy atom. The molecule has 160 valence electrons. The van der Waals surface area contributed by atoms with Gasteiger partial charge in [-0.15, -0.1) is 0 Å². The number of amides is 2. The summed E-state index contributed by atoms with van der Waals surface area (Å²) in [4.78, 5) is 36.7. The zero-order valence-electron chi connectivity index (χ0n) is 17.1. The Labute approximate surface area is 180 Å². The smallest absolute Gasteiger partial charge is 0.338 e. The number of carbonyl (C=O) groups excluding carboxylic acids is 3. The highest BCUT2D eigenvalue weighted by molar-refractivity contribution is 7.98. The van der Waals surface area contributed by atoms with Gasteiger partial charge in [0.2, 0.25) is 5.91 Å². The van der Waals surface area contributed by atoms with Gasteiger partial charge in [-0.2, -0.15) is 11.8 Å². The van der Waals surface area contributed by atoms with Crippen LogP contribution in [-0.4, -0.2) is 49.0 Å². The first-order valence-corrected chi connectivity index (χ1v) is 11.0. The normalized spacial score (nSPS) is 11.3. The van der Waals surface area contributed by atoms with Crippen LogP contribution in [0.15, 0.2) is 54.6 Å². The quantitative estimate of drug-likeness (QED) is 0.532. The predicted molar refractivity (Wildman–Crippen MR) is 118 cm³/mol. The van der Waals surface area contributed by atoms with Gasteiger partial charge in [-0.3, -0.25) is 9.59 Å². The molecule has 0 saturated carbocycles. The van der Waals surface area contributed by atoms with Crippen LogP contribution in [0.25, 0.3) is 0 Å². The van der Waals surface area contributed by atoms with E-state index in [-0.39, 0.29) is 18.4 Å². The second-order valence-electron chi connectivity index (χ2n) is 6.29. The van der Waals surface area contributed by atoms with Gasteiger partial charge in [0.05, 0.1) is 12.2 Å². The molecule has 30 heavy (non-hydrogen) atoms. The number of hydrogen-bond acceptors (Lipinski definition) is 6. The van der Waals surface area contributed by atoms with Crippen LogP contribution in [0.4, 0.5) is 5.69 Å². The molecule has 7 nitrogen and oxygen atoms in total. The molecule has 8 heteroatoms. The Hall–Kier alpha value is -3.00. The second-order valence-corrected chi connectivity index (χ2v) is 7.28. The van der Waals surface area contributed by atoms with Crippen molar-refractivity contribution in [2.75, 3.05) is 30.5 Å². The number of benzene rings is 2. The molecule has 0 radical (unpaired) electrons. The van der Waals surface area contributed by atoms with E-state index < -0.39 is 12.0 Å². The molecule has 2 aromatic rings. The maximum Gasteiger partial charge on any atom is 0.338 e. The molecule has 2 amide bonds. The summed E-state index contributed by atoms with van der Waals surface area (Å²) in [6.07, 6.45) is 2.41. The van der Waals surface area contributed by atoms with Gasteiger partial charge in [-0.05, 0) is 61.8 Å². The van der Waals surface area contributed by atoms with E-state index in [4.69, 9.17) is 9.47 Å². The molecule has 0 aliphatic rings. The fourth-order valence-corrected chi connectivity index (χ4v) is 3.01. The molecule has 0 aromatic heterocycles. The summed E-state index contributed by atoms with van der Waals surface area (Å²) >= 11 is 1.59. The summed E-state index contributed by atoms with van der Waals surface area (Å²) in [7, 11) is 0. The minimum atomic E-state index is -0.700. The van der Waals surface area contributed by atoms with E-state index >= 15 is 0 Å². The van der Waals surface area contributed by atoms with Crippen molar-refractivity contribution < 1.29 is 23.9 Å². The molecule has 0 fully saturated rings. The highest BCUT2D eigenvalue weighted by Gasteiger charge is 2.21. The first-order valence-electron chi connectivity index (χ1n) is 9.57. The number of hydrogen-bond donors (Lipinski definition) is 2. The van der Waals surface area contributed by atoms with Gasteiger partial charge in [0, 0.05) is 5.69 Å². The number of carbonyl (C=O) groups is 3. The summed E-state index contributed by atoms with van der Waals surface area (Å²) in [6.45, 7) is 1.85. The highest BCUT2D eigenvalue weighted by atomic mass is 32.2. The number of esters is 1. The number of para-hydroxylation sites is 1. The van der Waals surface area contributed by atoms with Gasteiger partial charge >= 0.3 is 5.97 Å². The number of anilines is 1. The summed E-state index contributed by atoms with van der Waals surface area (Å²) in [5.41, 5.74) is 0.928. The molecule has 0 aliphatic heterocycles. The minimum Gasteiger partial charge on any atom is -0.484 e. The van der Waals surface area contributed by atoms with Crippen LogP contribution in [-0.2, 0) is 14.3 Å². The third-order valence-electron chi connectivity index (χ3n) is 4.04. The van der Waals surface area contributed by atoms with Crippen molar-refractivity contribution in [3.05, 3.63) is 60.2 Å². The third kappa shape index (κ3) is 7.79. The lowest BCUT2D eigenvalue weighted by molar-refractivity contribution is -0.127. The lowest BCUT2D eigenvalue weighted by atomic mass is 10.1. The summed E-state index contributed by atoms with van der Waals surface area (Å²) < 4.78 is 10.4. The Balaban J connectivity index is 1.93. The van der Waals surface area contributed by atoms with E-state index in [0.717, 1.165) is 0 Å². The molecule has 1 unspecified atom stereocenters. The fraction of sp³-hybridized carbons (Fsp3) is 0.318. The largest absolute Gasteiger partial charge is 0.484 e. The Bertz CT molecular complexity index is 827. The average Bonchev–Trinajstić information content (AvgIpc) is 2.76. The summed E-state index contributed by atoms with van der Waals surface area (Å²) in [6, 6.07) is 14.7. The van der Waals surface area contributed by atoms with Gasteiger partial charge in [0.1, 0.15) is 11.8 Å². The van der Waals surface area contributed by atoms with Crippen LogP contribution >= 0.6 is 11.8 Å². The molecule has 0 spiro atoms. The lowest BCUT2D eigenvalue weighted by Crippen LogP contribution is -2.45. The van der Waals surface area contributed by atoms with Gasteiger partial charge in [-0.1, -0.05) is 18.2 Å². The fourth-order valence-electron chi connectivity index (χ4n) is 2.54. The molecule has 1 atom stereocenters. The first kappa shape index (κ1) is 23.3. The Kier molecular flexibility index (Phi) is 9.73. The van der Waals surface area contributed by atoms with E-state index in [2.05, 4.69) is 10.6 Å². The minimum absolute atomic E-state index is 0.179. The molecule has 2 N–H and O–H groups in total. The van der Waals surface area contributed by atoms with E-state index in [9.17, 15) is 14.4 Å². The van der Waals surface area contributed by atoms with E-state index in [1.165, 1.54) is 0 Å². The maximum atomic E-state index is 12.7.